The van der Waals surface area contributed by atoms with Crippen LogP contribution in [-0.4, -0.2) is 19.1 Å². The van der Waals surface area contributed by atoms with Gasteiger partial charge in [-0.3, -0.25) is 4.79 Å². The van der Waals surface area contributed by atoms with Crippen molar-refractivity contribution in [1.29, 1.82) is 0 Å². The largest absolute Gasteiger partial charge is 0.495 e. The molecule has 1 rings (SSSR count). The van der Waals surface area contributed by atoms with Crippen molar-refractivity contribution in [2.45, 2.75) is 26.8 Å². The first-order valence-electron chi connectivity index (χ1n) is 5.77. The summed E-state index contributed by atoms with van der Waals surface area (Å²) in [6.07, 6.45) is 0. The molecule has 0 spiro atoms. The Kier molecular flexibility index (Phi) is 4.99. The van der Waals surface area contributed by atoms with Gasteiger partial charge >= 0.3 is 0 Å². The summed E-state index contributed by atoms with van der Waals surface area (Å²) in [6, 6.07) is 2.89. The zero-order chi connectivity index (χ0) is 13.9. The van der Waals surface area contributed by atoms with Crippen LogP contribution in [0.5, 0.6) is 5.75 Å². The van der Waals surface area contributed by atoms with E-state index in [1.54, 1.807) is 12.1 Å². The van der Waals surface area contributed by atoms with Crippen LogP contribution in [0.2, 0.25) is 5.02 Å². The number of methoxy groups -OCH3 is 1. The molecule has 0 aromatic heterocycles. The van der Waals surface area contributed by atoms with Gasteiger partial charge in [-0.05, 0) is 24.5 Å². The second kappa shape index (κ2) is 6.07. The fourth-order valence-electron chi connectivity index (χ4n) is 1.45. The second-order valence-electron chi connectivity index (χ2n) is 4.56. The third-order valence-corrected chi connectivity index (χ3v) is 3.17. The molecule has 4 nitrogen and oxygen atoms in total. The minimum atomic E-state index is -0.550. The number of halogens is 1. The Labute approximate surface area is 112 Å². The van der Waals surface area contributed by atoms with Crippen LogP contribution in [0, 0.1) is 12.8 Å². The Morgan fingerprint density at radius 2 is 2.06 bits per heavy atom. The number of benzene rings is 1. The van der Waals surface area contributed by atoms with Gasteiger partial charge in [0.15, 0.2) is 0 Å². The Hall–Kier alpha value is -1.26. The molecule has 0 radical (unpaired) electrons. The van der Waals surface area contributed by atoms with Crippen molar-refractivity contribution >= 4 is 23.2 Å². The average Bonchev–Trinajstić information content (AvgIpc) is 2.32. The zero-order valence-electron chi connectivity index (χ0n) is 11.1. The number of ether oxygens (including phenoxy) is 1. The lowest BCUT2D eigenvalue weighted by Gasteiger charge is -2.17. The van der Waals surface area contributed by atoms with Gasteiger partial charge < -0.3 is 15.8 Å². The number of carbonyl (C=O) groups excluding carboxylic acids is 1. The van der Waals surface area contributed by atoms with Crippen LogP contribution in [-0.2, 0) is 4.79 Å². The van der Waals surface area contributed by atoms with Crippen LogP contribution >= 0.6 is 11.6 Å². The van der Waals surface area contributed by atoms with E-state index >= 15 is 0 Å². The first kappa shape index (κ1) is 14.8. The molecular formula is C13H19ClN2O2. The summed E-state index contributed by atoms with van der Waals surface area (Å²) < 4.78 is 5.18. The van der Waals surface area contributed by atoms with Crippen molar-refractivity contribution in [2.75, 3.05) is 12.4 Å². The van der Waals surface area contributed by atoms with E-state index in [2.05, 4.69) is 5.32 Å². The molecule has 1 atom stereocenters. The quantitative estimate of drug-likeness (QED) is 0.884. The summed E-state index contributed by atoms with van der Waals surface area (Å²) >= 11 is 6.00. The van der Waals surface area contributed by atoms with Gasteiger partial charge in [-0.1, -0.05) is 25.4 Å². The number of nitrogens with one attached hydrogen (secondary N) is 1. The third kappa shape index (κ3) is 3.37. The minimum Gasteiger partial charge on any atom is -0.495 e. The Morgan fingerprint density at radius 3 is 2.56 bits per heavy atom. The smallest absolute Gasteiger partial charge is 0.241 e. The summed E-state index contributed by atoms with van der Waals surface area (Å²) in [5, 5.41) is 3.36. The fourth-order valence-corrected chi connectivity index (χ4v) is 1.60. The van der Waals surface area contributed by atoms with Gasteiger partial charge in [-0.15, -0.1) is 0 Å². The number of carbonyl (C=O) groups is 1. The van der Waals surface area contributed by atoms with E-state index in [0.29, 0.717) is 16.5 Å². The number of hydrogen-bond donors (Lipinski definition) is 2. The monoisotopic (exact) mass is 270 g/mol. The molecule has 1 unspecified atom stereocenters. The van der Waals surface area contributed by atoms with Crippen molar-refractivity contribution in [1.82, 2.24) is 0 Å². The van der Waals surface area contributed by atoms with Crippen LogP contribution < -0.4 is 15.8 Å². The predicted octanol–water partition coefficient (Wildman–Crippen LogP) is 2.58. The summed E-state index contributed by atoms with van der Waals surface area (Å²) in [5.74, 6) is 0.365. The molecule has 0 heterocycles. The fraction of sp³-hybridized carbons (Fsp3) is 0.462. The summed E-state index contributed by atoms with van der Waals surface area (Å²) in [4.78, 5) is 11.9. The first-order valence-corrected chi connectivity index (χ1v) is 6.15. The molecule has 3 N–H and O–H groups in total. The van der Waals surface area contributed by atoms with Crippen molar-refractivity contribution in [3.8, 4) is 5.75 Å². The molecule has 1 aromatic carbocycles. The van der Waals surface area contributed by atoms with Crippen LogP contribution in [0.25, 0.3) is 0 Å². The Balaban J connectivity index is 2.97. The van der Waals surface area contributed by atoms with E-state index in [1.165, 1.54) is 7.11 Å². The molecule has 0 saturated heterocycles. The van der Waals surface area contributed by atoms with E-state index in [-0.39, 0.29) is 11.8 Å². The Morgan fingerprint density at radius 1 is 1.44 bits per heavy atom. The number of hydrogen-bond acceptors (Lipinski definition) is 3. The lowest BCUT2D eigenvalue weighted by Crippen LogP contribution is -2.39. The predicted molar refractivity (Wildman–Crippen MR) is 74.2 cm³/mol. The molecule has 1 aromatic rings. The maximum atomic E-state index is 11.9. The molecular weight excluding hydrogens is 252 g/mol. The molecule has 1 amide bonds. The molecule has 0 aliphatic carbocycles. The van der Waals surface area contributed by atoms with Crippen molar-refractivity contribution in [3.63, 3.8) is 0 Å². The molecule has 18 heavy (non-hydrogen) atoms. The van der Waals surface area contributed by atoms with Crippen molar-refractivity contribution in [3.05, 3.63) is 22.7 Å². The number of amides is 1. The standard InChI is InChI=1S/C13H19ClN2O2/c1-7(2)12(15)13(17)16-10-5-8(3)9(14)6-11(10)18-4/h5-7,12H,15H2,1-4H3,(H,16,17). The molecule has 0 aliphatic heterocycles. The van der Waals surface area contributed by atoms with Gasteiger partial charge in [0.05, 0.1) is 18.8 Å². The Bertz CT molecular complexity index is 447. The maximum absolute atomic E-state index is 11.9. The normalized spacial score (nSPS) is 12.4. The number of anilines is 1. The molecule has 0 bridgehead atoms. The molecule has 0 fully saturated rings. The van der Waals surface area contributed by atoms with Crippen LogP contribution in [0.3, 0.4) is 0 Å². The van der Waals surface area contributed by atoms with Gasteiger partial charge in [0.2, 0.25) is 5.91 Å². The van der Waals surface area contributed by atoms with Gasteiger partial charge in [-0.2, -0.15) is 0 Å². The van der Waals surface area contributed by atoms with E-state index in [0.717, 1.165) is 5.56 Å². The van der Waals surface area contributed by atoms with Crippen LogP contribution in [0.15, 0.2) is 12.1 Å². The van der Waals surface area contributed by atoms with Gasteiger partial charge in [0, 0.05) is 11.1 Å². The molecule has 0 saturated carbocycles. The van der Waals surface area contributed by atoms with E-state index in [4.69, 9.17) is 22.1 Å². The first-order chi connectivity index (χ1) is 8.36. The highest BCUT2D eigenvalue weighted by molar-refractivity contribution is 6.31. The zero-order valence-corrected chi connectivity index (χ0v) is 11.8. The highest BCUT2D eigenvalue weighted by atomic mass is 35.5. The van der Waals surface area contributed by atoms with Gasteiger partial charge in [-0.25, -0.2) is 0 Å². The summed E-state index contributed by atoms with van der Waals surface area (Å²) in [6.45, 7) is 5.66. The van der Waals surface area contributed by atoms with E-state index < -0.39 is 6.04 Å². The van der Waals surface area contributed by atoms with E-state index in [9.17, 15) is 4.79 Å². The van der Waals surface area contributed by atoms with Crippen molar-refractivity contribution < 1.29 is 9.53 Å². The highest BCUT2D eigenvalue weighted by Gasteiger charge is 2.19. The SMILES string of the molecule is COc1cc(Cl)c(C)cc1NC(=O)C(N)C(C)C. The lowest BCUT2D eigenvalue weighted by atomic mass is 10.0. The van der Waals surface area contributed by atoms with Crippen LogP contribution in [0.1, 0.15) is 19.4 Å². The summed E-state index contributed by atoms with van der Waals surface area (Å²) in [7, 11) is 1.53. The number of aryl methyl sites for hydroxylation is 1. The minimum absolute atomic E-state index is 0.0735. The molecule has 5 heteroatoms. The lowest BCUT2D eigenvalue weighted by molar-refractivity contribution is -0.118. The summed E-state index contributed by atoms with van der Waals surface area (Å²) in [5.41, 5.74) is 7.24. The van der Waals surface area contributed by atoms with Gasteiger partial charge in [0.1, 0.15) is 5.75 Å². The molecule has 100 valence electrons. The van der Waals surface area contributed by atoms with E-state index in [1.807, 2.05) is 20.8 Å². The third-order valence-electron chi connectivity index (χ3n) is 2.76. The number of nitrogens with two attached hydrogens (primary N) is 1. The topological polar surface area (TPSA) is 64.3 Å². The second-order valence-corrected chi connectivity index (χ2v) is 4.97. The molecule has 0 aliphatic rings. The number of rotatable bonds is 4. The van der Waals surface area contributed by atoms with Crippen molar-refractivity contribution in [2.24, 2.45) is 11.7 Å². The maximum Gasteiger partial charge on any atom is 0.241 e. The highest BCUT2D eigenvalue weighted by Crippen LogP contribution is 2.31. The van der Waals surface area contributed by atoms with Gasteiger partial charge in [0.25, 0.3) is 0 Å². The van der Waals surface area contributed by atoms with Crippen LogP contribution in [0.4, 0.5) is 5.69 Å². The average molecular weight is 271 g/mol.